The maximum atomic E-state index is 12.4. The van der Waals surface area contributed by atoms with Gasteiger partial charge in [-0.1, -0.05) is 12.1 Å². The number of nitrogens with zero attached hydrogens (tertiary/aromatic N) is 4. The predicted octanol–water partition coefficient (Wildman–Crippen LogP) is -0.0847. The molecule has 26 heavy (non-hydrogen) atoms. The number of aryl methyl sites for hydroxylation is 1. The highest BCUT2D eigenvalue weighted by atomic mass is 16.5. The lowest BCUT2D eigenvalue weighted by molar-refractivity contribution is 0.168. The number of hydrogen-bond donors (Lipinski definition) is 2. The molecule has 0 fully saturated rings. The van der Waals surface area contributed by atoms with Crippen LogP contribution in [0.25, 0.3) is 11.2 Å². The molecule has 2 aromatic heterocycles. The van der Waals surface area contributed by atoms with Crippen molar-refractivity contribution in [1.82, 2.24) is 18.7 Å². The summed E-state index contributed by atoms with van der Waals surface area (Å²) in [6, 6.07) is 7.40. The molecule has 0 aliphatic rings. The van der Waals surface area contributed by atoms with Gasteiger partial charge in [-0.15, -0.1) is 0 Å². The van der Waals surface area contributed by atoms with Crippen molar-refractivity contribution in [2.45, 2.75) is 12.6 Å². The van der Waals surface area contributed by atoms with E-state index in [-0.39, 0.29) is 18.6 Å². The Hall–Kier alpha value is -3.07. The quantitative estimate of drug-likeness (QED) is 0.638. The average Bonchev–Trinajstić information content (AvgIpc) is 3.06. The molecule has 0 saturated heterocycles. The topological polar surface area (TPSA) is 103 Å². The fourth-order valence-electron chi connectivity index (χ4n) is 2.85. The van der Waals surface area contributed by atoms with E-state index in [4.69, 9.17) is 4.74 Å². The van der Waals surface area contributed by atoms with Crippen molar-refractivity contribution >= 4 is 16.9 Å². The molecule has 2 N–H and O–H groups in total. The molecule has 9 heteroatoms. The minimum absolute atomic E-state index is 0.159. The summed E-state index contributed by atoms with van der Waals surface area (Å²) in [4.78, 5) is 28.5. The number of fused-ring (bicyclic) bond motifs is 1. The SMILES string of the molecule is COc1ccccc1NCC(O)Cn1cnc2c1c(=O)n(C)c(=O)n2C. The van der Waals surface area contributed by atoms with Gasteiger partial charge in [-0.3, -0.25) is 13.9 Å². The lowest BCUT2D eigenvalue weighted by Crippen LogP contribution is -2.38. The first-order valence-corrected chi connectivity index (χ1v) is 8.09. The zero-order valence-corrected chi connectivity index (χ0v) is 14.8. The van der Waals surface area contributed by atoms with Crippen LogP contribution in [0.15, 0.2) is 40.2 Å². The van der Waals surface area contributed by atoms with Gasteiger partial charge in [-0.2, -0.15) is 0 Å². The Morgan fingerprint density at radius 1 is 1.23 bits per heavy atom. The number of hydrogen-bond acceptors (Lipinski definition) is 6. The number of methoxy groups -OCH3 is 1. The van der Waals surface area contributed by atoms with Gasteiger partial charge in [-0.05, 0) is 12.1 Å². The number of nitrogens with one attached hydrogen (secondary N) is 1. The van der Waals surface area contributed by atoms with Gasteiger partial charge >= 0.3 is 5.69 Å². The molecule has 0 radical (unpaired) electrons. The summed E-state index contributed by atoms with van der Waals surface area (Å²) in [6.07, 6.45) is 0.678. The molecule has 0 aliphatic carbocycles. The van der Waals surface area contributed by atoms with Crippen LogP contribution < -0.4 is 21.3 Å². The van der Waals surface area contributed by atoms with Gasteiger partial charge in [0.2, 0.25) is 0 Å². The first kappa shape index (κ1) is 17.7. The van der Waals surface area contributed by atoms with Crippen molar-refractivity contribution in [3.63, 3.8) is 0 Å². The zero-order chi connectivity index (χ0) is 18.8. The summed E-state index contributed by atoms with van der Waals surface area (Å²) in [5, 5.41) is 13.5. The van der Waals surface area contributed by atoms with Crippen molar-refractivity contribution in [1.29, 1.82) is 0 Å². The largest absolute Gasteiger partial charge is 0.495 e. The van der Waals surface area contributed by atoms with Crippen LogP contribution in [0.5, 0.6) is 5.75 Å². The Kier molecular flexibility index (Phi) is 4.81. The van der Waals surface area contributed by atoms with E-state index in [9.17, 15) is 14.7 Å². The number of anilines is 1. The third-order valence-corrected chi connectivity index (χ3v) is 4.26. The Balaban J connectivity index is 1.81. The highest BCUT2D eigenvalue weighted by Crippen LogP contribution is 2.22. The van der Waals surface area contributed by atoms with Gasteiger partial charge in [-0.25, -0.2) is 9.78 Å². The van der Waals surface area contributed by atoms with Gasteiger partial charge in [0.1, 0.15) is 5.75 Å². The van der Waals surface area contributed by atoms with Crippen molar-refractivity contribution in [3.05, 3.63) is 51.4 Å². The molecule has 0 bridgehead atoms. The summed E-state index contributed by atoms with van der Waals surface area (Å²) in [5.41, 5.74) is 0.466. The second kappa shape index (κ2) is 7.04. The second-order valence-electron chi connectivity index (χ2n) is 6.01. The normalized spacial score (nSPS) is 12.3. The highest BCUT2D eigenvalue weighted by molar-refractivity contribution is 5.69. The van der Waals surface area contributed by atoms with Gasteiger partial charge in [0.25, 0.3) is 5.56 Å². The predicted molar refractivity (Wildman–Crippen MR) is 97.7 cm³/mol. The van der Waals surface area contributed by atoms with Crippen LogP contribution in [0.4, 0.5) is 5.69 Å². The first-order valence-electron chi connectivity index (χ1n) is 8.09. The molecule has 3 rings (SSSR count). The van der Waals surface area contributed by atoms with E-state index in [1.165, 1.54) is 17.9 Å². The minimum Gasteiger partial charge on any atom is -0.495 e. The first-order chi connectivity index (χ1) is 12.4. The number of ether oxygens (including phenoxy) is 1. The molecule has 2 heterocycles. The fraction of sp³-hybridized carbons (Fsp3) is 0.353. The van der Waals surface area contributed by atoms with Crippen LogP contribution in [0.2, 0.25) is 0 Å². The molecule has 0 amide bonds. The van der Waals surface area contributed by atoms with Crippen LogP contribution in [0.3, 0.4) is 0 Å². The van der Waals surface area contributed by atoms with Gasteiger partial charge in [0, 0.05) is 20.6 Å². The van der Waals surface area contributed by atoms with Crippen molar-refractivity contribution in [3.8, 4) is 5.75 Å². The lowest BCUT2D eigenvalue weighted by Gasteiger charge is -2.15. The molecule has 138 valence electrons. The molecular formula is C17H21N5O4. The second-order valence-corrected chi connectivity index (χ2v) is 6.01. The van der Waals surface area contributed by atoms with Crippen molar-refractivity contribution in [2.24, 2.45) is 14.1 Å². The number of para-hydroxylation sites is 2. The molecule has 0 spiro atoms. The number of rotatable bonds is 6. The summed E-state index contributed by atoms with van der Waals surface area (Å²) in [7, 11) is 4.55. The van der Waals surface area contributed by atoms with Crippen LogP contribution in [-0.2, 0) is 20.6 Å². The van der Waals surface area contributed by atoms with Crippen LogP contribution in [0.1, 0.15) is 0 Å². The monoisotopic (exact) mass is 359 g/mol. The summed E-state index contributed by atoms with van der Waals surface area (Å²) in [6.45, 7) is 0.415. The molecule has 0 aliphatic heterocycles. The highest BCUT2D eigenvalue weighted by Gasteiger charge is 2.16. The Morgan fingerprint density at radius 3 is 2.69 bits per heavy atom. The third kappa shape index (κ3) is 3.08. The Bertz CT molecular complexity index is 1050. The maximum absolute atomic E-state index is 12.4. The number of aliphatic hydroxyl groups is 1. The van der Waals surface area contributed by atoms with E-state index < -0.39 is 17.4 Å². The smallest absolute Gasteiger partial charge is 0.332 e. The summed E-state index contributed by atoms with van der Waals surface area (Å²) < 4.78 is 9.16. The molecule has 1 aromatic carbocycles. The van der Waals surface area contributed by atoms with Crippen molar-refractivity contribution < 1.29 is 9.84 Å². The number of aliphatic hydroxyl groups excluding tert-OH is 1. The Labute approximate surface area is 149 Å². The summed E-state index contributed by atoms with van der Waals surface area (Å²) >= 11 is 0. The van der Waals surface area contributed by atoms with E-state index in [0.717, 1.165) is 10.3 Å². The van der Waals surface area contributed by atoms with E-state index in [1.54, 1.807) is 18.7 Å². The van der Waals surface area contributed by atoms with E-state index >= 15 is 0 Å². The third-order valence-electron chi connectivity index (χ3n) is 4.26. The van der Waals surface area contributed by atoms with Gasteiger partial charge < -0.3 is 19.7 Å². The standard InChI is InChI=1S/C17H21N5O4/c1-20-15-14(16(24)21(2)17(20)25)22(10-19-15)9-11(23)8-18-12-6-4-5-7-13(12)26-3/h4-7,10-11,18,23H,8-9H2,1-3H3. The molecule has 3 aromatic rings. The number of benzene rings is 1. The molecule has 9 nitrogen and oxygen atoms in total. The number of aromatic nitrogens is 4. The number of imidazole rings is 1. The van der Waals surface area contributed by atoms with E-state index in [2.05, 4.69) is 10.3 Å². The molecule has 0 saturated carbocycles. The molecule has 1 atom stereocenters. The Morgan fingerprint density at radius 2 is 1.96 bits per heavy atom. The zero-order valence-electron chi connectivity index (χ0n) is 14.8. The van der Waals surface area contributed by atoms with E-state index in [1.807, 2.05) is 24.3 Å². The van der Waals surface area contributed by atoms with E-state index in [0.29, 0.717) is 11.4 Å². The van der Waals surface area contributed by atoms with Crippen LogP contribution in [-0.4, -0.2) is 43.6 Å². The minimum atomic E-state index is -0.778. The maximum Gasteiger partial charge on any atom is 0.332 e. The van der Waals surface area contributed by atoms with Gasteiger partial charge in [0.05, 0.1) is 31.8 Å². The summed E-state index contributed by atoms with van der Waals surface area (Å²) in [5.74, 6) is 0.677. The van der Waals surface area contributed by atoms with Crippen LogP contribution in [0, 0.1) is 0 Å². The average molecular weight is 359 g/mol. The lowest BCUT2D eigenvalue weighted by atomic mass is 10.2. The molecular weight excluding hydrogens is 338 g/mol. The van der Waals surface area contributed by atoms with Crippen molar-refractivity contribution in [2.75, 3.05) is 19.0 Å². The molecule has 1 unspecified atom stereocenters. The van der Waals surface area contributed by atoms with Crippen LogP contribution >= 0.6 is 0 Å². The van der Waals surface area contributed by atoms with Gasteiger partial charge in [0.15, 0.2) is 11.2 Å². The fourth-order valence-corrected chi connectivity index (χ4v) is 2.85.